The number of unbranched alkanes of at least 4 members (excludes halogenated alkanes) is 1. The molecule has 0 saturated carbocycles. The van der Waals surface area contributed by atoms with E-state index in [0.29, 0.717) is 0 Å². The highest BCUT2D eigenvalue weighted by Gasteiger charge is 2.15. The van der Waals surface area contributed by atoms with Crippen LogP contribution in [-0.4, -0.2) is 10.2 Å². The van der Waals surface area contributed by atoms with Crippen molar-refractivity contribution in [2.75, 3.05) is 0 Å². The number of nitrogens with zero attached hydrogens (tertiary/aromatic N) is 2. The molecule has 1 rings (SSSR count). The summed E-state index contributed by atoms with van der Waals surface area (Å²) in [5.74, 6) is 0. The lowest BCUT2D eigenvalue weighted by molar-refractivity contribution is 0.555. The molecule has 0 aliphatic carbocycles. The summed E-state index contributed by atoms with van der Waals surface area (Å²) < 4.78 is 0. The number of hydrogen-bond donors (Lipinski definition) is 0. The molecule has 1 aromatic heterocycles. The molecular formula is C12H20N2. The second-order valence-corrected chi connectivity index (χ2v) is 4.76. The van der Waals surface area contributed by atoms with E-state index in [1.807, 2.05) is 0 Å². The Morgan fingerprint density at radius 2 is 1.86 bits per heavy atom. The van der Waals surface area contributed by atoms with E-state index in [1.165, 1.54) is 12.8 Å². The zero-order chi connectivity index (χ0) is 10.6. The highest BCUT2D eigenvalue weighted by atomic mass is 15.1. The normalized spacial score (nSPS) is 11.7. The molecule has 2 nitrogen and oxygen atoms in total. The quantitative estimate of drug-likeness (QED) is 0.735. The maximum absolute atomic E-state index is 4.25. The van der Waals surface area contributed by atoms with Gasteiger partial charge in [0.15, 0.2) is 0 Å². The molecule has 2 heteroatoms. The number of aryl methyl sites for hydroxylation is 1. The molecule has 0 spiro atoms. The van der Waals surface area contributed by atoms with Crippen LogP contribution in [-0.2, 0) is 11.8 Å². The Morgan fingerprint density at radius 3 is 2.29 bits per heavy atom. The third-order valence-corrected chi connectivity index (χ3v) is 2.27. The molecule has 0 unspecified atom stereocenters. The second-order valence-electron chi connectivity index (χ2n) is 4.76. The molecule has 0 amide bonds. The van der Waals surface area contributed by atoms with Crippen molar-refractivity contribution in [2.45, 2.75) is 52.4 Å². The highest BCUT2D eigenvalue weighted by Crippen LogP contribution is 2.18. The van der Waals surface area contributed by atoms with Crippen LogP contribution in [0.4, 0.5) is 0 Å². The zero-order valence-electron chi connectivity index (χ0n) is 9.67. The molecule has 14 heavy (non-hydrogen) atoms. The van der Waals surface area contributed by atoms with Gasteiger partial charge in [-0.1, -0.05) is 34.1 Å². The van der Waals surface area contributed by atoms with E-state index in [4.69, 9.17) is 0 Å². The van der Waals surface area contributed by atoms with Crippen LogP contribution in [0, 0.1) is 0 Å². The Kier molecular flexibility index (Phi) is 3.62. The fraction of sp³-hybridized carbons (Fsp3) is 0.667. The Morgan fingerprint density at radius 1 is 1.14 bits per heavy atom. The molecule has 78 valence electrons. The van der Waals surface area contributed by atoms with Gasteiger partial charge in [-0.15, -0.1) is 0 Å². The smallest absolute Gasteiger partial charge is 0.0684 e. The Balaban J connectivity index is 2.69. The first kappa shape index (κ1) is 11.2. The van der Waals surface area contributed by atoms with Crippen molar-refractivity contribution in [1.82, 2.24) is 10.2 Å². The van der Waals surface area contributed by atoms with Crippen LogP contribution in [0.15, 0.2) is 12.1 Å². The van der Waals surface area contributed by atoms with E-state index < -0.39 is 0 Å². The fourth-order valence-electron chi connectivity index (χ4n) is 1.25. The van der Waals surface area contributed by atoms with Crippen molar-refractivity contribution < 1.29 is 0 Å². The van der Waals surface area contributed by atoms with Crippen molar-refractivity contribution in [3.8, 4) is 0 Å². The molecule has 0 saturated heterocycles. The van der Waals surface area contributed by atoms with Crippen molar-refractivity contribution in [2.24, 2.45) is 0 Å². The lowest BCUT2D eigenvalue weighted by atomic mass is 9.92. The number of rotatable bonds is 3. The van der Waals surface area contributed by atoms with Gasteiger partial charge in [0.2, 0.25) is 0 Å². The molecule has 1 heterocycles. The Labute approximate surface area is 86.8 Å². The van der Waals surface area contributed by atoms with Crippen LogP contribution in [0.5, 0.6) is 0 Å². The molecular weight excluding hydrogens is 172 g/mol. The van der Waals surface area contributed by atoms with Gasteiger partial charge >= 0.3 is 0 Å². The number of aromatic nitrogens is 2. The summed E-state index contributed by atoms with van der Waals surface area (Å²) >= 11 is 0. The van der Waals surface area contributed by atoms with E-state index in [2.05, 4.69) is 50.0 Å². The summed E-state index contributed by atoms with van der Waals surface area (Å²) in [6, 6.07) is 4.20. The summed E-state index contributed by atoms with van der Waals surface area (Å²) in [6.07, 6.45) is 3.46. The van der Waals surface area contributed by atoms with Crippen LogP contribution >= 0.6 is 0 Å². The van der Waals surface area contributed by atoms with Crippen molar-refractivity contribution in [3.63, 3.8) is 0 Å². The van der Waals surface area contributed by atoms with Gasteiger partial charge in [-0.3, -0.25) is 0 Å². The van der Waals surface area contributed by atoms with Gasteiger partial charge < -0.3 is 0 Å². The third kappa shape index (κ3) is 3.09. The van der Waals surface area contributed by atoms with Gasteiger partial charge in [0.05, 0.1) is 11.4 Å². The maximum atomic E-state index is 4.25. The highest BCUT2D eigenvalue weighted by molar-refractivity contribution is 5.13. The minimum atomic E-state index is 0.107. The summed E-state index contributed by atoms with van der Waals surface area (Å²) in [4.78, 5) is 0. The van der Waals surface area contributed by atoms with Crippen LogP contribution in [0.3, 0.4) is 0 Å². The van der Waals surface area contributed by atoms with Gasteiger partial charge in [0.25, 0.3) is 0 Å². The largest absolute Gasteiger partial charge is 0.155 e. The van der Waals surface area contributed by atoms with E-state index in [9.17, 15) is 0 Å². The molecule has 0 aliphatic heterocycles. The van der Waals surface area contributed by atoms with E-state index in [0.717, 1.165) is 17.8 Å². The zero-order valence-corrected chi connectivity index (χ0v) is 9.67. The summed E-state index contributed by atoms with van der Waals surface area (Å²) in [5, 5.41) is 8.49. The van der Waals surface area contributed by atoms with Crippen LogP contribution in [0.2, 0.25) is 0 Å². The summed E-state index contributed by atoms with van der Waals surface area (Å²) in [6.45, 7) is 8.66. The van der Waals surface area contributed by atoms with Gasteiger partial charge in [-0.2, -0.15) is 10.2 Å². The second kappa shape index (κ2) is 4.54. The fourth-order valence-corrected chi connectivity index (χ4v) is 1.25. The SMILES string of the molecule is CCCCc1ccc(C(C)(C)C)nn1. The van der Waals surface area contributed by atoms with Crippen LogP contribution in [0.1, 0.15) is 51.9 Å². The maximum Gasteiger partial charge on any atom is 0.0684 e. The van der Waals surface area contributed by atoms with Crippen molar-refractivity contribution >= 4 is 0 Å². The minimum Gasteiger partial charge on any atom is -0.155 e. The average molecular weight is 192 g/mol. The first-order chi connectivity index (χ1) is 6.54. The molecule has 0 aliphatic rings. The first-order valence-corrected chi connectivity index (χ1v) is 5.37. The Bertz CT molecular complexity index is 269. The monoisotopic (exact) mass is 192 g/mol. The van der Waals surface area contributed by atoms with Gasteiger partial charge in [0, 0.05) is 5.41 Å². The summed E-state index contributed by atoms with van der Waals surface area (Å²) in [5.41, 5.74) is 2.29. The summed E-state index contributed by atoms with van der Waals surface area (Å²) in [7, 11) is 0. The van der Waals surface area contributed by atoms with Gasteiger partial charge in [-0.05, 0) is 25.0 Å². The minimum absolute atomic E-state index is 0.107. The van der Waals surface area contributed by atoms with Crippen LogP contribution in [0.25, 0.3) is 0 Å². The molecule has 0 aromatic carbocycles. The average Bonchev–Trinajstić information content (AvgIpc) is 2.14. The van der Waals surface area contributed by atoms with Crippen molar-refractivity contribution in [3.05, 3.63) is 23.5 Å². The molecule has 1 aromatic rings. The van der Waals surface area contributed by atoms with E-state index in [-0.39, 0.29) is 5.41 Å². The standard InChI is InChI=1S/C12H20N2/c1-5-6-7-10-8-9-11(14-13-10)12(2,3)4/h8-9H,5-7H2,1-4H3. The molecule has 0 atom stereocenters. The molecule has 0 radical (unpaired) electrons. The Hall–Kier alpha value is -0.920. The van der Waals surface area contributed by atoms with E-state index in [1.54, 1.807) is 0 Å². The van der Waals surface area contributed by atoms with Gasteiger partial charge in [0.1, 0.15) is 0 Å². The predicted molar refractivity (Wildman–Crippen MR) is 59.3 cm³/mol. The molecule has 0 N–H and O–H groups in total. The molecule has 0 bridgehead atoms. The first-order valence-electron chi connectivity index (χ1n) is 5.37. The molecule has 0 fully saturated rings. The lowest BCUT2D eigenvalue weighted by Crippen LogP contribution is -2.14. The lowest BCUT2D eigenvalue weighted by Gasteiger charge is -2.16. The predicted octanol–water partition coefficient (Wildman–Crippen LogP) is 3.12. The van der Waals surface area contributed by atoms with Gasteiger partial charge in [-0.25, -0.2) is 0 Å². The van der Waals surface area contributed by atoms with Crippen LogP contribution < -0.4 is 0 Å². The van der Waals surface area contributed by atoms with Crippen molar-refractivity contribution in [1.29, 1.82) is 0 Å². The topological polar surface area (TPSA) is 25.8 Å². The third-order valence-electron chi connectivity index (χ3n) is 2.27. The number of hydrogen-bond acceptors (Lipinski definition) is 2. The van der Waals surface area contributed by atoms with E-state index >= 15 is 0 Å².